The van der Waals surface area contributed by atoms with E-state index in [0.29, 0.717) is 5.49 Å². The molecule has 0 aliphatic carbocycles. The van der Waals surface area contributed by atoms with Crippen molar-refractivity contribution >= 4 is 19.4 Å². The molecule has 72 valence electrons. The van der Waals surface area contributed by atoms with Gasteiger partial charge in [-0.25, -0.2) is 0 Å². The van der Waals surface area contributed by atoms with Crippen molar-refractivity contribution in [2.75, 3.05) is 25.5 Å². The molecular weight excluding hydrogens is 195 g/mol. The van der Waals surface area contributed by atoms with Gasteiger partial charge in [-0.15, -0.1) is 11.8 Å². The van der Waals surface area contributed by atoms with Crippen molar-refractivity contribution in [2.45, 2.75) is 6.92 Å². The molecule has 0 rings (SSSR count). The summed E-state index contributed by atoms with van der Waals surface area (Å²) in [5.41, 5.74) is 0.407. The second kappa shape index (κ2) is 6.72. The van der Waals surface area contributed by atoms with Gasteiger partial charge in [0.15, 0.2) is 0 Å². The molecule has 0 spiro atoms. The molecule has 0 aromatic carbocycles. The maximum Gasteiger partial charge on any atom is 0.339 e. The molecule has 0 amide bonds. The zero-order valence-corrected chi connectivity index (χ0v) is 9.36. The Morgan fingerprint density at radius 2 is 2.00 bits per heavy atom. The summed E-state index contributed by atoms with van der Waals surface area (Å²) in [6.07, 6.45) is 3.96. The number of hydrogen-bond donors (Lipinski definition) is 0. The summed E-state index contributed by atoms with van der Waals surface area (Å²) in [6, 6.07) is 0. The summed E-state index contributed by atoms with van der Waals surface area (Å²) < 4.78 is 20.9. The normalized spacial score (nSPS) is 12.6. The average Bonchev–Trinajstić information content (AvgIpc) is 2.12. The molecule has 12 heavy (non-hydrogen) atoms. The Morgan fingerprint density at radius 1 is 1.42 bits per heavy atom. The fraction of sp³-hybridized carbons (Fsp3) is 0.714. The van der Waals surface area contributed by atoms with E-state index in [0.717, 1.165) is 5.75 Å². The Morgan fingerprint density at radius 3 is 2.42 bits per heavy atom. The Kier molecular flexibility index (Phi) is 6.86. The van der Waals surface area contributed by atoms with Crippen LogP contribution in [0.5, 0.6) is 0 Å². The zero-order chi connectivity index (χ0) is 9.45. The molecule has 0 bridgehead atoms. The van der Waals surface area contributed by atoms with Crippen molar-refractivity contribution in [2.24, 2.45) is 0 Å². The van der Waals surface area contributed by atoms with E-state index < -0.39 is 7.60 Å². The molecule has 0 aliphatic heterocycles. The first kappa shape index (κ1) is 12.2. The average molecular weight is 210 g/mol. The van der Waals surface area contributed by atoms with Gasteiger partial charge >= 0.3 is 7.60 Å². The number of allylic oxidation sites excluding steroid dienone is 1. The molecule has 0 atom stereocenters. The van der Waals surface area contributed by atoms with Crippen molar-refractivity contribution in [3.05, 3.63) is 12.2 Å². The highest BCUT2D eigenvalue weighted by molar-refractivity contribution is 8.04. The Balaban J connectivity index is 3.66. The van der Waals surface area contributed by atoms with Crippen LogP contribution in [0.2, 0.25) is 0 Å². The fourth-order valence-electron chi connectivity index (χ4n) is 0.509. The molecule has 5 heteroatoms. The van der Waals surface area contributed by atoms with Crippen molar-refractivity contribution in [1.82, 2.24) is 0 Å². The summed E-state index contributed by atoms with van der Waals surface area (Å²) in [7, 11) is 0.0143. The molecule has 0 heterocycles. The highest BCUT2D eigenvalue weighted by Crippen LogP contribution is 2.49. The fourth-order valence-corrected chi connectivity index (χ4v) is 3.15. The molecule has 0 aromatic rings. The third-order valence-corrected chi connectivity index (χ3v) is 4.79. The van der Waals surface area contributed by atoms with Crippen molar-refractivity contribution in [3.8, 4) is 0 Å². The highest BCUT2D eigenvalue weighted by atomic mass is 32.2. The summed E-state index contributed by atoms with van der Waals surface area (Å²) in [6.45, 7) is 1.95. The van der Waals surface area contributed by atoms with Crippen LogP contribution in [-0.4, -0.2) is 25.5 Å². The van der Waals surface area contributed by atoms with E-state index >= 15 is 0 Å². The Labute approximate surface area is 78.1 Å². The van der Waals surface area contributed by atoms with Gasteiger partial charge in [0.05, 0.1) is 5.49 Å². The van der Waals surface area contributed by atoms with Gasteiger partial charge in [0.1, 0.15) is 0 Å². The van der Waals surface area contributed by atoms with Crippen LogP contribution in [0.1, 0.15) is 6.92 Å². The van der Waals surface area contributed by atoms with E-state index in [1.165, 1.54) is 26.0 Å². The lowest BCUT2D eigenvalue weighted by Crippen LogP contribution is -1.91. The predicted molar refractivity (Wildman–Crippen MR) is 53.8 cm³/mol. The highest BCUT2D eigenvalue weighted by Gasteiger charge is 2.19. The van der Waals surface area contributed by atoms with E-state index in [2.05, 4.69) is 0 Å². The number of rotatable bonds is 6. The van der Waals surface area contributed by atoms with Crippen molar-refractivity contribution < 1.29 is 13.6 Å². The molecule has 0 N–H and O–H groups in total. The summed E-state index contributed by atoms with van der Waals surface area (Å²) in [5.74, 6) is 0.840. The maximum atomic E-state index is 11.4. The third-order valence-electron chi connectivity index (χ3n) is 1.26. The van der Waals surface area contributed by atoms with Crippen molar-refractivity contribution in [3.63, 3.8) is 0 Å². The molecule has 0 saturated carbocycles. The predicted octanol–water partition coefficient (Wildman–Crippen LogP) is 2.74. The van der Waals surface area contributed by atoms with E-state index in [1.54, 1.807) is 0 Å². The van der Waals surface area contributed by atoms with Gasteiger partial charge in [-0.1, -0.05) is 12.2 Å². The van der Waals surface area contributed by atoms with Crippen LogP contribution < -0.4 is 0 Å². The second-order valence-corrected chi connectivity index (χ2v) is 5.77. The van der Waals surface area contributed by atoms with Crippen LogP contribution in [0.25, 0.3) is 0 Å². The van der Waals surface area contributed by atoms with Gasteiger partial charge in [0, 0.05) is 20.0 Å². The molecule has 0 saturated heterocycles. The second-order valence-electron chi connectivity index (χ2n) is 2.04. The van der Waals surface area contributed by atoms with Crippen LogP contribution in [0.4, 0.5) is 0 Å². The molecule has 3 nitrogen and oxygen atoms in total. The van der Waals surface area contributed by atoms with Crippen LogP contribution in [-0.2, 0) is 13.6 Å². The van der Waals surface area contributed by atoms with Crippen LogP contribution >= 0.6 is 19.4 Å². The van der Waals surface area contributed by atoms with Gasteiger partial charge in [0.2, 0.25) is 0 Å². The molecular formula is C7H15O3PS. The zero-order valence-electron chi connectivity index (χ0n) is 7.65. The lowest BCUT2D eigenvalue weighted by Gasteiger charge is -2.11. The van der Waals surface area contributed by atoms with E-state index in [-0.39, 0.29) is 0 Å². The van der Waals surface area contributed by atoms with Crippen LogP contribution in [0.15, 0.2) is 12.2 Å². The molecule has 0 fully saturated rings. The SMILES string of the molecule is C/C=C/CSCP(=O)(OC)OC. The van der Waals surface area contributed by atoms with Gasteiger partial charge in [-0.05, 0) is 6.92 Å². The minimum atomic E-state index is -2.79. The topological polar surface area (TPSA) is 35.5 Å². The first-order valence-electron chi connectivity index (χ1n) is 3.58. The maximum absolute atomic E-state index is 11.4. The Bertz CT molecular complexity index is 173. The summed E-state index contributed by atoms with van der Waals surface area (Å²) in [4.78, 5) is 0. The van der Waals surface area contributed by atoms with Gasteiger partial charge in [0.25, 0.3) is 0 Å². The summed E-state index contributed by atoms with van der Waals surface area (Å²) in [5, 5.41) is 0. The standard InChI is InChI=1S/C7H15O3PS/c1-4-5-6-12-7-11(8,9-2)10-3/h4-5H,6-7H2,1-3H3/b5-4+. The van der Waals surface area contributed by atoms with Crippen LogP contribution in [0, 0.1) is 0 Å². The minimum Gasteiger partial charge on any atom is -0.311 e. The monoisotopic (exact) mass is 210 g/mol. The van der Waals surface area contributed by atoms with Gasteiger partial charge in [-0.3, -0.25) is 4.57 Å². The number of hydrogen-bond acceptors (Lipinski definition) is 4. The van der Waals surface area contributed by atoms with Gasteiger partial charge in [-0.2, -0.15) is 0 Å². The largest absolute Gasteiger partial charge is 0.339 e. The first-order chi connectivity index (χ1) is 5.68. The molecule has 0 aromatic heterocycles. The first-order valence-corrected chi connectivity index (χ1v) is 6.46. The van der Waals surface area contributed by atoms with Gasteiger partial charge < -0.3 is 9.05 Å². The lowest BCUT2D eigenvalue weighted by molar-refractivity contribution is 0.281. The lowest BCUT2D eigenvalue weighted by atomic mass is 10.6. The van der Waals surface area contributed by atoms with E-state index in [9.17, 15) is 4.57 Å². The number of thioether (sulfide) groups is 1. The quantitative estimate of drug-likeness (QED) is 0.383. The van der Waals surface area contributed by atoms with E-state index in [4.69, 9.17) is 9.05 Å². The Hall–Kier alpha value is 0.240. The smallest absolute Gasteiger partial charge is 0.311 e. The minimum absolute atomic E-state index is 0.407. The third kappa shape index (κ3) is 4.99. The van der Waals surface area contributed by atoms with Crippen molar-refractivity contribution in [1.29, 1.82) is 0 Å². The molecule has 0 aliphatic rings. The molecule has 0 unspecified atom stereocenters. The van der Waals surface area contributed by atoms with E-state index in [1.807, 2.05) is 19.1 Å². The summed E-state index contributed by atoms with van der Waals surface area (Å²) >= 11 is 1.53. The molecule has 0 radical (unpaired) electrons. The van der Waals surface area contributed by atoms with Crippen LogP contribution in [0.3, 0.4) is 0 Å².